The Morgan fingerprint density at radius 1 is 1.04 bits per heavy atom. The average molecular weight is 334 g/mol. The van der Waals surface area contributed by atoms with Crippen molar-refractivity contribution in [3.05, 3.63) is 65.6 Å². The van der Waals surface area contributed by atoms with Crippen LogP contribution in [0.15, 0.2) is 43.2 Å². The molecular weight excluding hydrogens is 316 g/mol. The van der Waals surface area contributed by atoms with Gasteiger partial charge in [-0.05, 0) is 25.0 Å². The maximum absolute atomic E-state index is 4.45. The van der Waals surface area contributed by atoms with Crippen LogP contribution in [-0.2, 0) is 13.1 Å². The van der Waals surface area contributed by atoms with Gasteiger partial charge >= 0.3 is 0 Å². The Labute approximate surface area is 144 Å². The third-order valence-corrected chi connectivity index (χ3v) is 4.27. The largest absolute Gasteiger partial charge is 0.366 e. The van der Waals surface area contributed by atoms with Gasteiger partial charge in [0.2, 0.25) is 0 Å². The van der Waals surface area contributed by atoms with Gasteiger partial charge in [0.15, 0.2) is 0 Å². The first-order chi connectivity index (χ1) is 12.2. The van der Waals surface area contributed by atoms with Gasteiger partial charge in [0, 0.05) is 17.8 Å². The van der Waals surface area contributed by atoms with E-state index in [1.54, 1.807) is 17.2 Å². The van der Waals surface area contributed by atoms with E-state index in [2.05, 4.69) is 42.6 Å². The molecule has 126 valence electrons. The van der Waals surface area contributed by atoms with Crippen molar-refractivity contribution in [1.29, 1.82) is 0 Å². The number of aryl methyl sites for hydroxylation is 1. The number of fused-ring (bicyclic) bond motifs is 1. The van der Waals surface area contributed by atoms with E-state index in [1.165, 1.54) is 17.5 Å². The summed E-state index contributed by atoms with van der Waals surface area (Å²) in [7, 11) is 0. The normalized spacial score (nSPS) is 11.1. The number of hydrogen-bond donors (Lipinski definition) is 1. The van der Waals surface area contributed by atoms with Crippen molar-refractivity contribution < 1.29 is 0 Å². The summed E-state index contributed by atoms with van der Waals surface area (Å²) in [6, 6.07) is 8.29. The van der Waals surface area contributed by atoms with Crippen LogP contribution in [0.4, 0.5) is 5.82 Å². The van der Waals surface area contributed by atoms with E-state index >= 15 is 0 Å². The highest BCUT2D eigenvalue weighted by molar-refractivity contribution is 5.52. The smallest absolute Gasteiger partial charge is 0.254 e. The van der Waals surface area contributed by atoms with Crippen molar-refractivity contribution in [2.24, 2.45) is 0 Å². The van der Waals surface area contributed by atoms with Gasteiger partial charge in [-0.25, -0.2) is 14.6 Å². The molecule has 0 saturated carbocycles. The van der Waals surface area contributed by atoms with Crippen LogP contribution in [0, 0.1) is 13.8 Å². The molecule has 3 aromatic heterocycles. The molecule has 4 aromatic rings. The zero-order valence-electron chi connectivity index (χ0n) is 14.1. The van der Waals surface area contributed by atoms with Crippen molar-refractivity contribution in [3.63, 3.8) is 0 Å². The number of rotatable bonds is 5. The van der Waals surface area contributed by atoms with E-state index < -0.39 is 0 Å². The summed E-state index contributed by atoms with van der Waals surface area (Å²) in [5.74, 6) is 1.51. The van der Waals surface area contributed by atoms with Crippen LogP contribution in [0.2, 0.25) is 0 Å². The SMILES string of the molecule is Cc1nc2ncnn2c(NCc2ccccc2Cn2cncn2)c1C. The second kappa shape index (κ2) is 6.31. The lowest BCUT2D eigenvalue weighted by atomic mass is 10.1. The molecule has 8 nitrogen and oxygen atoms in total. The second-order valence-electron chi connectivity index (χ2n) is 5.86. The molecule has 0 aliphatic heterocycles. The van der Waals surface area contributed by atoms with E-state index in [4.69, 9.17) is 0 Å². The minimum absolute atomic E-state index is 0.599. The molecular formula is C17H18N8. The first-order valence-corrected chi connectivity index (χ1v) is 8.02. The van der Waals surface area contributed by atoms with Gasteiger partial charge < -0.3 is 5.32 Å². The third-order valence-electron chi connectivity index (χ3n) is 4.27. The minimum Gasteiger partial charge on any atom is -0.366 e. The maximum Gasteiger partial charge on any atom is 0.254 e. The van der Waals surface area contributed by atoms with Crippen molar-refractivity contribution in [1.82, 2.24) is 34.3 Å². The summed E-state index contributed by atoms with van der Waals surface area (Å²) in [6.07, 6.45) is 4.79. The molecule has 0 unspecified atom stereocenters. The van der Waals surface area contributed by atoms with E-state index in [-0.39, 0.29) is 0 Å². The maximum atomic E-state index is 4.45. The van der Waals surface area contributed by atoms with Gasteiger partial charge in [-0.1, -0.05) is 24.3 Å². The summed E-state index contributed by atoms with van der Waals surface area (Å²) in [5.41, 5.74) is 4.39. The lowest BCUT2D eigenvalue weighted by molar-refractivity contribution is 0.680. The lowest BCUT2D eigenvalue weighted by Crippen LogP contribution is -2.12. The number of aromatic nitrogens is 7. The van der Waals surface area contributed by atoms with Crippen LogP contribution in [0.25, 0.3) is 5.78 Å². The van der Waals surface area contributed by atoms with Crippen molar-refractivity contribution in [2.75, 3.05) is 5.32 Å². The number of anilines is 1. The van der Waals surface area contributed by atoms with E-state index in [0.29, 0.717) is 18.9 Å². The van der Waals surface area contributed by atoms with Gasteiger partial charge in [0.05, 0.1) is 6.54 Å². The first kappa shape index (κ1) is 15.3. The summed E-state index contributed by atoms with van der Waals surface area (Å²) >= 11 is 0. The van der Waals surface area contributed by atoms with Crippen molar-refractivity contribution in [2.45, 2.75) is 26.9 Å². The first-order valence-electron chi connectivity index (χ1n) is 8.02. The summed E-state index contributed by atoms with van der Waals surface area (Å²) in [6.45, 7) is 5.37. The molecule has 0 saturated heterocycles. The van der Waals surface area contributed by atoms with Crippen LogP contribution in [0.5, 0.6) is 0 Å². The van der Waals surface area contributed by atoms with Gasteiger partial charge in [0.25, 0.3) is 5.78 Å². The Kier molecular flexibility index (Phi) is 3.85. The van der Waals surface area contributed by atoms with Gasteiger partial charge in [-0.3, -0.25) is 0 Å². The third kappa shape index (κ3) is 2.93. The van der Waals surface area contributed by atoms with Gasteiger partial charge in [0.1, 0.15) is 24.8 Å². The van der Waals surface area contributed by atoms with Crippen LogP contribution in [0.1, 0.15) is 22.4 Å². The minimum atomic E-state index is 0.599. The summed E-state index contributed by atoms with van der Waals surface area (Å²) in [4.78, 5) is 12.6. The topological polar surface area (TPSA) is 85.8 Å². The van der Waals surface area contributed by atoms with E-state index in [1.807, 2.05) is 30.7 Å². The Morgan fingerprint density at radius 2 is 1.88 bits per heavy atom. The standard InChI is InChI=1S/C17H18N8/c1-12-13(2)23-17-20-10-22-25(17)16(12)19-7-14-5-3-4-6-15(14)8-24-11-18-9-21-24/h3-6,9-11,19H,7-8H2,1-2H3. The molecule has 0 atom stereocenters. The van der Waals surface area contributed by atoms with Gasteiger partial charge in [-0.2, -0.15) is 19.7 Å². The molecule has 0 bridgehead atoms. The molecule has 0 fully saturated rings. The summed E-state index contributed by atoms with van der Waals surface area (Å²) < 4.78 is 3.55. The van der Waals surface area contributed by atoms with Crippen LogP contribution >= 0.6 is 0 Å². The highest BCUT2D eigenvalue weighted by atomic mass is 15.4. The highest BCUT2D eigenvalue weighted by Crippen LogP contribution is 2.19. The zero-order valence-corrected chi connectivity index (χ0v) is 14.1. The second-order valence-corrected chi connectivity index (χ2v) is 5.86. The molecule has 0 aliphatic rings. The van der Waals surface area contributed by atoms with E-state index in [9.17, 15) is 0 Å². The van der Waals surface area contributed by atoms with Crippen molar-refractivity contribution >= 4 is 11.6 Å². The number of benzene rings is 1. The number of nitrogens with one attached hydrogen (secondary N) is 1. The predicted molar refractivity (Wildman–Crippen MR) is 93.1 cm³/mol. The molecule has 3 heterocycles. The number of nitrogens with zero attached hydrogens (tertiary/aromatic N) is 7. The predicted octanol–water partition coefficient (Wildman–Crippen LogP) is 1.99. The zero-order chi connectivity index (χ0) is 17.2. The van der Waals surface area contributed by atoms with E-state index in [0.717, 1.165) is 17.1 Å². The molecule has 25 heavy (non-hydrogen) atoms. The monoisotopic (exact) mass is 334 g/mol. The fraction of sp³-hybridized carbons (Fsp3) is 0.235. The molecule has 4 rings (SSSR count). The lowest BCUT2D eigenvalue weighted by Gasteiger charge is -2.14. The van der Waals surface area contributed by atoms with Crippen molar-refractivity contribution in [3.8, 4) is 0 Å². The highest BCUT2D eigenvalue weighted by Gasteiger charge is 2.11. The summed E-state index contributed by atoms with van der Waals surface area (Å²) in [5, 5.41) is 12.0. The number of hydrogen-bond acceptors (Lipinski definition) is 6. The van der Waals surface area contributed by atoms with Crippen LogP contribution in [0.3, 0.4) is 0 Å². The van der Waals surface area contributed by atoms with Crippen LogP contribution in [-0.4, -0.2) is 34.3 Å². The van der Waals surface area contributed by atoms with Crippen LogP contribution < -0.4 is 5.32 Å². The molecule has 1 aromatic carbocycles. The Morgan fingerprint density at radius 3 is 2.68 bits per heavy atom. The molecule has 1 N–H and O–H groups in total. The molecule has 0 amide bonds. The fourth-order valence-electron chi connectivity index (χ4n) is 2.79. The molecule has 0 radical (unpaired) electrons. The molecule has 0 spiro atoms. The Bertz CT molecular complexity index is 1000. The quantitative estimate of drug-likeness (QED) is 0.601. The Hall–Kier alpha value is -3.29. The Balaban J connectivity index is 1.62. The van der Waals surface area contributed by atoms with Gasteiger partial charge in [-0.15, -0.1) is 0 Å². The molecule has 0 aliphatic carbocycles. The fourth-order valence-corrected chi connectivity index (χ4v) is 2.79. The average Bonchev–Trinajstić information content (AvgIpc) is 3.28. The molecule has 8 heteroatoms.